The summed E-state index contributed by atoms with van der Waals surface area (Å²) in [5.41, 5.74) is 3.17. The molecule has 0 radical (unpaired) electrons. The van der Waals surface area contributed by atoms with E-state index in [9.17, 15) is 0 Å². The van der Waals surface area contributed by atoms with Gasteiger partial charge in [-0.05, 0) is 35.4 Å². The summed E-state index contributed by atoms with van der Waals surface area (Å²) in [6.45, 7) is 0. The van der Waals surface area contributed by atoms with Crippen molar-refractivity contribution in [3.63, 3.8) is 0 Å². The molecule has 0 saturated carbocycles. The fourth-order valence-corrected chi connectivity index (χ4v) is 3.53. The first-order valence-electron chi connectivity index (χ1n) is 8.63. The van der Waals surface area contributed by atoms with Crippen molar-refractivity contribution in [2.75, 3.05) is 27.1 Å². The third-order valence-electron chi connectivity index (χ3n) is 4.15. The van der Waals surface area contributed by atoms with Crippen LogP contribution in [0.15, 0.2) is 59.6 Å². The molecule has 5 heteroatoms. The molecule has 140 valence electrons. The van der Waals surface area contributed by atoms with Crippen LogP contribution in [0.2, 0.25) is 0 Å². The van der Waals surface area contributed by atoms with Gasteiger partial charge in [-0.25, -0.2) is 4.98 Å². The first-order chi connectivity index (χ1) is 13.2. The molecular formula is C22H23NO3S. The zero-order valence-corrected chi connectivity index (χ0v) is 16.5. The van der Waals surface area contributed by atoms with Gasteiger partial charge in [-0.15, -0.1) is 11.8 Å². The fraction of sp³-hybridized carbons (Fsp3) is 0.227. The molecule has 27 heavy (non-hydrogen) atoms. The number of hydrogen-bond acceptors (Lipinski definition) is 5. The lowest BCUT2D eigenvalue weighted by molar-refractivity contribution is -0.0842. The molecule has 3 rings (SSSR count). The van der Waals surface area contributed by atoms with Gasteiger partial charge >= 0.3 is 0 Å². The standard InChI is InChI=1S/C22H23NO3S/c1-24-19-6-4-5-16(13-19)7-8-17-9-10-18-11-12-21(23-20(18)14-17)27-15-22(25-2)26-3/h4-14,22H,15H2,1-3H3. The molecule has 0 saturated heterocycles. The summed E-state index contributed by atoms with van der Waals surface area (Å²) in [6.07, 6.45) is 3.93. The largest absolute Gasteiger partial charge is 0.497 e. The zero-order valence-electron chi connectivity index (χ0n) is 15.7. The summed E-state index contributed by atoms with van der Waals surface area (Å²) >= 11 is 1.62. The third kappa shape index (κ3) is 5.32. The molecule has 4 nitrogen and oxygen atoms in total. The maximum absolute atomic E-state index is 5.27. The Morgan fingerprint density at radius 2 is 1.67 bits per heavy atom. The van der Waals surface area contributed by atoms with Gasteiger partial charge in [-0.2, -0.15) is 0 Å². The van der Waals surface area contributed by atoms with Crippen LogP contribution in [0, 0.1) is 0 Å². The predicted molar refractivity (Wildman–Crippen MR) is 112 cm³/mol. The number of hydrogen-bond donors (Lipinski definition) is 0. The number of thioether (sulfide) groups is 1. The van der Waals surface area contributed by atoms with Gasteiger partial charge in [0, 0.05) is 19.6 Å². The quantitative estimate of drug-likeness (QED) is 0.307. The highest BCUT2D eigenvalue weighted by molar-refractivity contribution is 7.99. The number of fused-ring (bicyclic) bond motifs is 1. The maximum atomic E-state index is 5.27. The second-order valence-corrected chi connectivity index (χ2v) is 6.96. The molecule has 0 amide bonds. The van der Waals surface area contributed by atoms with E-state index in [0.29, 0.717) is 5.75 Å². The molecule has 1 aromatic heterocycles. The first kappa shape index (κ1) is 19.4. The summed E-state index contributed by atoms with van der Waals surface area (Å²) in [4.78, 5) is 4.76. The van der Waals surface area contributed by atoms with Gasteiger partial charge < -0.3 is 14.2 Å². The highest BCUT2D eigenvalue weighted by Crippen LogP contribution is 2.23. The van der Waals surface area contributed by atoms with E-state index in [1.54, 1.807) is 33.1 Å². The van der Waals surface area contributed by atoms with Gasteiger partial charge in [-0.3, -0.25) is 0 Å². The van der Waals surface area contributed by atoms with Crippen molar-refractivity contribution in [1.82, 2.24) is 4.98 Å². The molecule has 1 heterocycles. The number of pyridine rings is 1. The van der Waals surface area contributed by atoms with Crippen molar-refractivity contribution in [2.45, 2.75) is 11.3 Å². The van der Waals surface area contributed by atoms with Gasteiger partial charge in [0.2, 0.25) is 0 Å². The summed E-state index contributed by atoms with van der Waals surface area (Å²) in [6, 6.07) is 18.4. The smallest absolute Gasteiger partial charge is 0.166 e. The minimum atomic E-state index is -0.232. The molecule has 2 aromatic carbocycles. The molecule has 0 N–H and O–H groups in total. The van der Waals surface area contributed by atoms with Crippen LogP contribution in [-0.2, 0) is 9.47 Å². The lowest BCUT2D eigenvalue weighted by atomic mass is 10.1. The van der Waals surface area contributed by atoms with Crippen LogP contribution >= 0.6 is 11.8 Å². The number of aromatic nitrogens is 1. The second kappa shape index (κ2) is 9.55. The van der Waals surface area contributed by atoms with Crippen LogP contribution in [0.25, 0.3) is 23.1 Å². The Kier molecular flexibility index (Phi) is 6.87. The van der Waals surface area contributed by atoms with Crippen molar-refractivity contribution >= 4 is 34.8 Å². The number of nitrogens with zero attached hydrogens (tertiary/aromatic N) is 1. The molecule has 0 aliphatic heterocycles. The average Bonchev–Trinajstić information content (AvgIpc) is 2.72. The second-order valence-electron chi connectivity index (χ2n) is 5.92. The van der Waals surface area contributed by atoms with Gasteiger partial charge in [0.05, 0.1) is 23.4 Å². The average molecular weight is 381 g/mol. The monoisotopic (exact) mass is 381 g/mol. The Morgan fingerprint density at radius 1 is 0.926 bits per heavy atom. The molecule has 0 unspecified atom stereocenters. The summed E-state index contributed by atoms with van der Waals surface area (Å²) in [7, 11) is 4.96. The molecule has 0 atom stereocenters. The Hall–Kier alpha value is -2.34. The maximum Gasteiger partial charge on any atom is 0.166 e. The van der Waals surface area contributed by atoms with E-state index in [-0.39, 0.29) is 6.29 Å². The fourth-order valence-electron chi connectivity index (χ4n) is 2.62. The normalized spacial score (nSPS) is 11.6. The van der Waals surface area contributed by atoms with Crippen LogP contribution in [0.4, 0.5) is 0 Å². The van der Waals surface area contributed by atoms with Crippen molar-refractivity contribution < 1.29 is 14.2 Å². The van der Waals surface area contributed by atoms with E-state index in [0.717, 1.165) is 32.8 Å². The van der Waals surface area contributed by atoms with Crippen LogP contribution in [0.1, 0.15) is 11.1 Å². The van der Waals surface area contributed by atoms with Crippen LogP contribution in [0.5, 0.6) is 5.75 Å². The van der Waals surface area contributed by atoms with Gasteiger partial charge in [0.1, 0.15) is 5.75 Å². The molecule has 0 spiro atoms. The summed E-state index contributed by atoms with van der Waals surface area (Å²) < 4.78 is 15.7. The highest BCUT2D eigenvalue weighted by Gasteiger charge is 2.07. The molecule has 0 aliphatic rings. The number of benzene rings is 2. The van der Waals surface area contributed by atoms with Crippen LogP contribution in [0.3, 0.4) is 0 Å². The number of ether oxygens (including phenoxy) is 3. The Balaban J connectivity index is 1.77. The van der Waals surface area contributed by atoms with Crippen molar-refractivity contribution in [3.8, 4) is 5.75 Å². The van der Waals surface area contributed by atoms with E-state index in [1.807, 2.05) is 24.3 Å². The van der Waals surface area contributed by atoms with Gasteiger partial charge in [-0.1, -0.05) is 42.5 Å². The minimum Gasteiger partial charge on any atom is -0.497 e. The van der Waals surface area contributed by atoms with Crippen molar-refractivity contribution in [2.24, 2.45) is 0 Å². The van der Waals surface area contributed by atoms with E-state index in [2.05, 4.69) is 42.5 Å². The van der Waals surface area contributed by atoms with Crippen LogP contribution in [-0.4, -0.2) is 38.4 Å². The predicted octanol–water partition coefficient (Wildman–Crippen LogP) is 5.12. The van der Waals surface area contributed by atoms with E-state index in [1.165, 1.54) is 0 Å². The lowest BCUT2D eigenvalue weighted by Gasteiger charge is -2.12. The molecule has 3 aromatic rings. The zero-order chi connectivity index (χ0) is 19.1. The van der Waals surface area contributed by atoms with Crippen molar-refractivity contribution in [1.29, 1.82) is 0 Å². The Labute approximate surface area is 164 Å². The minimum absolute atomic E-state index is 0.232. The summed E-state index contributed by atoms with van der Waals surface area (Å²) in [5, 5.41) is 2.07. The van der Waals surface area contributed by atoms with Crippen LogP contribution < -0.4 is 4.74 Å². The molecule has 0 aliphatic carbocycles. The molecular weight excluding hydrogens is 358 g/mol. The topological polar surface area (TPSA) is 40.6 Å². The van der Waals surface area contributed by atoms with E-state index in [4.69, 9.17) is 19.2 Å². The lowest BCUT2D eigenvalue weighted by Crippen LogP contribution is -2.15. The van der Waals surface area contributed by atoms with Crippen molar-refractivity contribution in [3.05, 3.63) is 65.7 Å². The van der Waals surface area contributed by atoms with Gasteiger partial charge in [0.15, 0.2) is 6.29 Å². The molecule has 0 bridgehead atoms. The van der Waals surface area contributed by atoms with E-state index >= 15 is 0 Å². The SMILES string of the molecule is COc1cccc(C=Cc2ccc3ccc(SCC(OC)OC)nc3c2)c1. The number of rotatable bonds is 8. The first-order valence-corrected chi connectivity index (χ1v) is 9.61. The third-order valence-corrected chi connectivity index (χ3v) is 5.11. The van der Waals surface area contributed by atoms with E-state index < -0.39 is 0 Å². The highest BCUT2D eigenvalue weighted by atomic mass is 32.2. The molecule has 0 fully saturated rings. The van der Waals surface area contributed by atoms with Gasteiger partial charge in [0.25, 0.3) is 0 Å². The number of methoxy groups -OCH3 is 3. The summed E-state index contributed by atoms with van der Waals surface area (Å²) in [5.74, 6) is 1.55. The Bertz CT molecular complexity index is 922. The Morgan fingerprint density at radius 3 is 2.41 bits per heavy atom.